The molecule has 2 N–H and O–H groups in total. The summed E-state index contributed by atoms with van der Waals surface area (Å²) >= 11 is 0. The van der Waals surface area contributed by atoms with Gasteiger partial charge in [0.2, 0.25) is 5.91 Å². The molecule has 2 aromatic carbocycles. The maximum atomic E-state index is 12.7. The van der Waals surface area contributed by atoms with E-state index in [1.165, 1.54) is 13.8 Å². The van der Waals surface area contributed by atoms with Crippen molar-refractivity contribution in [2.45, 2.75) is 29.7 Å². The van der Waals surface area contributed by atoms with E-state index in [0.29, 0.717) is 13.1 Å². The summed E-state index contributed by atoms with van der Waals surface area (Å²) in [5.41, 5.74) is 0.0943. The maximum absolute atomic E-state index is 12.7. The van der Waals surface area contributed by atoms with E-state index in [1.54, 1.807) is 0 Å². The van der Waals surface area contributed by atoms with Crippen molar-refractivity contribution in [1.29, 1.82) is 0 Å². The minimum Gasteiger partial charge on any atom is -0.383 e. The Morgan fingerprint density at radius 2 is 1.56 bits per heavy atom. The van der Waals surface area contributed by atoms with Crippen LogP contribution in [0.25, 0.3) is 0 Å². The molecule has 0 spiro atoms. The van der Waals surface area contributed by atoms with Gasteiger partial charge in [0, 0.05) is 23.7 Å². The molecule has 27 heavy (non-hydrogen) atoms. The molecule has 0 aromatic heterocycles. The van der Waals surface area contributed by atoms with Crippen molar-refractivity contribution < 1.29 is 22.2 Å². The molecule has 0 heterocycles. The van der Waals surface area contributed by atoms with Crippen LogP contribution in [0.3, 0.4) is 0 Å². The van der Waals surface area contributed by atoms with E-state index in [-0.39, 0.29) is 4.90 Å². The van der Waals surface area contributed by atoms with Gasteiger partial charge in [-0.25, -0.2) is 0 Å². The smallest absolute Gasteiger partial charge is 0.383 e. The molecule has 146 valence electrons. The van der Waals surface area contributed by atoms with Crippen molar-refractivity contribution in [3.8, 4) is 0 Å². The molecular weight excluding hydrogens is 377 g/mol. The molecule has 0 saturated heterocycles. The highest BCUT2D eigenvalue weighted by Crippen LogP contribution is 2.30. The van der Waals surface area contributed by atoms with Crippen LogP contribution >= 0.6 is 0 Å². The highest BCUT2D eigenvalue weighted by Gasteiger charge is 2.36. The van der Waals surface area contributed by atoms with Crippen molar-refractivity contribution in [2.75, 3.05) is 18.4 Å². The zero-order chi connectivity index (χ0) is 20.1. The molecule has 8 heteroatoms. The van der Waals surface area contributed by atoms with Gasteiger partial charge in [0.05, 0.1) is 16.4 Å². The Kier molecular flexibility index (Phi) is 6.64. The third kappa shape index (κ3) is 5.56. The summed E-state index contributed by atoms with van der Waals surface area (Å²) in [7, 11) is -1.80. The van der Waals surface area contributed by atoms with Crippen molar-refractivity contribution in [3.05, 3.63) is 60.2 Å². The van der Waals surface area contributed by atoms with Crippen molar-refractivity contribution in [1.82, 2.24) is 5.32 Å². The predicted molar refractivity (Wildman–Crippen MR) is 99.9 cm³/mol. The van der Waals surface area contributed by atoms with E-state index in [1.807, 2.05) is 30.3 Å². The summed E-state index contributed by atoms with van der Waals surface area (Å²) in [6.07, 6.45) is -4.46. The van der Waals surface area contributed by atoms with Gasteiger partial charge in [-0.15, -0.1) is 0 Å². The Balaban J connectivity index is 1.93. The Hall–Kier alpha value is -2.35. The summed E-state index contributed by atoms with van der Waals surface area (Å²) in [4.78, 5) is 12.6. The molecule has 0 aliphatic carbocycles. The quantitative estimate of drug-likeness (QED) is 0.697. The number of hydrogen-bond donors (Lipinski definition) is 2. The van der Waals surface area contributed by atoms with E-state index >= 15 is 0 Å². The average Bonchev–Trinajstić information content (AvgIpc) is 2.64. The Morgan fingerprint density at radius 1 is 0.963 bits per heavy atom. The number of carbonyl (C=O) groups excluding carboxylic acids is 1. The first-order valence-electron chi connectivity index (χ1n) is 8.29. The number of nitrogens with one attached hydrogen (secondary N) is 2. The van der Waals surface area contributed by atoms with E-state index in [4.69, 9.17) is 0 Å². The lowest BCUT2D eigenvalue weighted by atomic mass is 10.2. The first kappa shape index (κ1) is 21.0. The van der Waals surface area contributed by atoms with E-state index in [9.17, 15) is 22.2 Å². The topological polar surface area (TPSA) is 58.2 Å². The molecule has 1 amide bonds. The summed E-state index contributed by atoms with van der Waals surface area (Å²) in [5.74, 6) is -0.435. The van der Waals surface area contributed by atoms with Gasteiger partial charge in [-0.05, 0) is 50.2 Å². The number of benzene rings is 2. The van der Waals surface area contributed by atoms with Gasteiger partial charge in [0.15, 0.2) is 0 Å². The minimum absolute atomic E-state index is 0.172. The van der Waals surface area contributed by atoms with Crippen LogP contribution in [0.1, 0.15) is 19.4 Å². The molecule has 0 radical (unpaired) electrons. The van der Waals surface area contributed by atoms with Crippen LogP contribution in [0.2, 0.25) is 0 Å². The van der Waals surface area contributed by atoms with Gasteiger partial charge in [0.25, 0.3) is 0 Å². The summed E-state index contributed by atoms with van der Waals surface area (Å²) < 4.78 is 49.3. The zero-order valence-electron chi connectivity index (χ0n) is 15.0. The van der Waals surface area contributed by atoms with Crippen LogP contribution in [0.15, 0.2) is 59.5 Å². The van der Waals surface area contributed by atoms with Gasteiger partial charge >= 0.3 is 6.18 Å². The normalized spacial score (nSPS) is 13.1. The number of halogens is 3. The molecule has 0 aliphatic heterocycles. The van der Waals surface area contributed by atoms with Gasteiger partial charge < -0.3 is 10.6 Å². The highest BCUT2D eigenvalue weighted by molar-refractivity contribution is 7.87. The van der Waals surface area contributed by atoms with Crippen molar-refractivity contribution >= 4 is 22.4 Å². The first-order chi connectivity index (χ1) is 12.6. The molecule has 0 saturated carbocycles. The van der Waals surface area contributed by atoms with Crippen LogP contribution < -0.4 is 10.6 Å². The second-order valence-corrected chi connectivity index (χ2v) is 8.38. The highest BCUT2D eigenvalue weighted by atomic mass is 32.2. The number of hydrogen-bond acceptors (Lipinski definition) is 3. The summed E-state index contributed by atoms with van der Waals surface area (Å²) in [6.45, 7) is 3.81. The molecule has 0 bridgehead atoms. The van der Waals surface area contributed by atoms with Gasteiger partial charge in [-0.1, -0.05) is 18.2 Å². The predicted octanol–water partition coefficient (Wildman–Crippen LogP) is 3.82. The Morgan fingerprint density at radius 3 is 2.11 bits per heavy atom. The molecule has 0 aliphatic rings. The molecule has 2 aromatic rings. The first-order valence-corrected chi connectivity index (χ1v) is 9.43. The second kappa shape index (κ2) is 8.56. The number of amides is 1. The summed E-state index contributed by atoms with van der Waals surface area (Å²) in [6, 6.07) is 13.5. The molecule has 2 rings (SSSR count). The number of alkyl halides is 3. The third-order valence-corrected chi connectivity index (χ3v) is 5.73. The lowest BCUT2D eigenvalue weighted by Gasteiger charge is -2.23. The van der Waals surface area contributed by atoms with Crippen LogP contribution in [0, 0.1) is 0 Å². The van der Waals surface area contributed by atoms with Crippen LogP contribution in [-0.4, -0.2) is 28.0 Å². The maximum Gasteiger partial charge on any atom is 0.416 e. The fourth-order valence-electron chi connectivity index (χ4n) is 2.30. The Labute approximate surface area is 158 Å². The largest absolute Gasteiger partial charge is 0.416 e. The second-order valence-electron chi connectivity index (χ2n) is 6.35. The molecule has 1 atom stereocenters. The van der Waals surface area contributed by atoms with E-state index in [0.717, 1.165) is 30.0 Å². The van der Waals surface area contributed by atoms with Crippen LogP contribution in [-0.2, 0) is 21.8 Å². The third-order valence-electron chi connectivity index (χ3n) is 3.92. The molecule has 4 nitrogen and oxygen atoms in total. The van der Waals surface area contributed by atoms with Gasteiger partial charge in [-0.2, -0.15) is 13.2 Å². The average molecular weight is 398 g/mol. The number of anilines is 1. The standard InChI is InChI=1S/C19H21F3N2O2S/c1-18(2,17(25)24-13-12-23-15-6-4-3-5-7-15)27(26)16-10-8-14(9-11-16)19(20,21)22/h3-11,23H,12-13H2,1-2H3,(H,24,25). The fourth-order valence-corrected chi connectivity index (χ4v) is 3.51. The van der Waals surface area contributed by atoms with Crippen molar-refractivity contribution in [3.63, 3.8) is 0 Å². The molecule has 1 unspecified atom stereocenters. The SMILES string of the molecule is CC(C)(C(=O)NCCNc1ccccc1)S(=O)c1ccc(C(F)(F)F)cc1. The number of carbonyl (C=O) groups is 1. The minimum atomic E-state index is -4.46. The monoisotopic (exact) mass is 398 g/mol. The Bertz CT molecular complexity index is 791. The number of rotatable bonds is 7. The molecule has 0 fully saturated rings. The van der Waals surface area contributed by atoms with E-state index in [2.05, 4.69) is 10.6 Å². The van der Waals surface area contributed by atoms with Gasteiger partial charge in [-0.3, -0.25) is 9.00 Å². The number of para-hydroxylation sites is 1. The zero-order valence-corrected chi connectivity index (χ0v) is 15.8. The van der Waals surface area contributed by atoms with Crippen molar-refractivity contribution in [2.24, 2.45) is 0 Å². The lowest BCUT2D eigenvalue weighted by molar-refractivity contribution is -0.137. The van der Waals surface area contributed by atoms with Crippen LogP contribution in [0.5, 0.6) is 0 Å². The fraction of sp³-hybridized carbons (Fsp3) is 0.316. The van der Waals surface area contributed by atoms with Gasteiger partial charge in [0.1, 0.15) is 4.75 Å². The molecular formula is C19H21F3N2O2S. The van der Waals surface area contributed by atoms with E-state index < -0.39 is 33.2 Å². The summed E-state index contributed by atoms with van der Waals surface area (Å²) in [5, 5.41) is 5.84. The van der Waals surface area contributed by atoms with Crippen LogP contribution in [0.4, 0.5) is 18.9 Å². The lowest BCUT2D eigenvalue weighted by Crippen LogP contribution is -2.46.